The normalized spacial score (nSPS) is 13.0. The van der Waals surface area contributed by atoms with Crippen molar-refractivity contribution in [1.82, 2.24) is 0 Å². The van der Waals surface area contributed by atoms with Crippen LogP contribution in [0.25, 0.3) is 0 Å². The minimum atomic E-state index is -0.303. The number of hydrogen-bond donors (Lipinski definition) is 1. The highest BCUT2D eigenvalue weighted by molar-refractivity contribution is 9.10. The Bertz CT molecular complexity index is 394. The minimum absolute atomic E-state index is 0.231. The van der Waals surface area contributed by atoms with Crippen molar-refractivity contribution in [1.29, 1.82) is 0 Å². The van der Waals surface area contributed by atoms with Crippen LogP contribution < -0.4 is 5.73 Å². The number of amidine groups is 1. The van der Waals surface area contributed by atoms with Crippen molar-refractivity contribution in [2.24, 2.45) is 10.7 Å². The van der Waals surface area contributed by atoms with E-state index < -0.39 is 0 Å². The van der Waals surface area contributed by atoms with Crippen molar-refractivity contribution in [3.05, 3.63) is 34.1 Å². The molecule has 0 aliphatic heterocycles. The van der Waals surface area contributed by atoms with Gasteiger partial charge in [-0.1, -0.05) is 0 Å². The molecule has 0 aliphatic rings. The molecule has 0 saturated heterocycles. The van der Waals surface area contributed by atoms with Crippen molar-refractivity contribution >= 4 is 21.8 Å². The van der Waals surface area contributed by atoms with Crippen LogP contribution >= 0.6 is 15.9 Å². The Morgan fingerprint density at radius 1 is 1.40 bits per heavy atom. The Hall–Kier alpha value is -0.900. The van der Waals surface area contributed by atoms with Crippen LogP contribution in [-0.4, -0.2) is 11.4 Å². The number of rotatable bonds is 1. The average molecular weight is 273 g/mol. The first-order valence-corrected chi connectivity index (χ1v) is 5.39. The van der Waals surface area contributed by atoms with Crippen LogP contribution in [0.4, 0.5) is 4.39 Å². The average Bonchev–Trinajstić information content (AvgIpc) is 2.06. The van der Waals surface area contributed by atoms with Gasteiger partial charge in [-0.15, -0.1) is 0 Å². The van der Waals surface area contributed by atoms with Gasteiger partial charge < -0.3 is 5.73 Å². The van der Waals surface area contributed by atoms with E-state index in [1.165, 1.54) is 6.07 Å². The van der Waals surface area contributed by atoms with E-state index in [9.17, 15) is 4.39 Å². The quantitative estimate of drug-likeness (QED) is 0.619. The largest absolute Gasteiger partial charge is 0.383 e. The van der Waals surface area contributed by atoms with Crippen molar-refractivity contribution in [2.75, 3.05) is 0 Å². The van der Waals surface area contributed by atoms with E-state index >= 15 is 0 Å². The summed E-state index contributed by atoms with van der Waals surface area (Å²) in [5, 5.41) is 0. The molecule has 0 aromatic heterocycles. The molecule has 1 aromatic rings. The zero-order valence-electron chi connectivity index (χ0n) is 9.01. The van der Waals surface area contributed by atoms with E-state index in [0.29, 0.717) is 10.3 Å². The Labute approximate surface area is 97.5 Å². The maximum absolute atomic E-state index is 13.0. The molecule has 0 fully saturated rings. The van der Waals surface area contributed by atoms with Gasteiger partial charge in [0.25, 0.3) is 0 Å². The maximum Gasteiger partial charge on any atom is 0.137 e. The van der Waals surface area contributed by atoms with E-state index in [1.807, 2.05) is 20.8 Å². The molecule has 0 bridgehead atoms. The van der Waals surface area contributed by atoms with Gasteiger partial charge in [-0.05, 0) is 54.9 Å². The first kappa shape index (κ1) is 12.2. The summed E-state index contributed by atoms with van der Waals surface area (Å²) in [5.41, 5.74) is 6.30. The van der Waals surface area contributed by atoms with Gasteiger partial charge in [-0.25, -0.2) is 4.39 Å². The highest BCUT2D eigenvalue weighted by Gasteiger charge is 2.10. The highest BCUT2D eigenvalue weighted by atomic mass is 79.9. The molecular formula is C11H14BrFN2. The predicted octanol–water partition coefficient (Wildman–Crippen LogP) is 3.09. The van der Waals surface area contributed by atoms with Crippen LogP contribution in [0.2, 0.25) is 0 Å². The molecule has 0 radical (unpaired) electrons. The molecule has 0 atom stereocenters. The van der Waals surface area contributed by atoms with E-state index in [1.54, 1.807) is 12.1 Å². The van der Waals surface area contributed by atoms with Crippen LogP contribution in [0.15, 0.2) is 27.7 Å². The molecule has 1 aromatic carbocycles. The summed E-state index contributed by atoms with van der Waals surface area (Å²) in [4.78, 5) is 4.30. The molecule has 0 amide bonds. The molecule has 15 heavy (non-hydrogen) atoms. The molecule has 0 saturated carbocycles. The number of benzene rings is 1. The van der Waals surface area contributed by atoms with Gasteiger partial charge in [0.15, 0.2) is 0 Å². The molecule has 0 heterocycles. The summed E-state index contributed by atoms with van der Waals surface area (Å²) in [5.74, 6) is 0.116. The number of aliphatic imine (C=N–C) groups is 1. The van der Waals surface area contributed by atoms with Gasteiger partial charge in [-0.3, -0.25) is 4.99 Å². The second-order valence-corrected chi connectivity index (χ2v) is 5.15. The summed E-state index contributed by atoms with van der Waals surface area (Å²) in [7, 11) is 0. The number of hydrogen-bond acceptors (Lipinski definition) is 1. The van der Waals surface area contributed by atoms with Crippen LogP contribution in [0.1, 0.15) is 26.3 Å². The molecule has 82 valence electrons. The van der Waals surface area contributed by atoms with Gasteiger partial charge in [0.2, 0.25) is 0 Å². The van der Waals surface area contributed by atoms with E-state index in [0.717, 1.165) is 5.56 Å². The van der Waals surface area contributed by atoms with Gasteiger partial charge in [0.05, 0.1) is 10.0 Å². The molecule has 2 nitrogen and oxygen atoms in total. The van der Waals surface area contributed by atoms with Crippen LogP contribution in [-0.2, 0) is 0 Å². The molecule has 4 heteroatoms. The molecular weight excluding hydrogens is 259 g/mol. The zero-order valence-corrected chi connectivity index (χ0v) is 10.6. The third-order valence-electron chi connectivity index (χ3n) is 1.67. The fourth-order valence-corrected chi connectivity index (χ4v) is 1.46. The van der Waals surface area contributed by atoms with Crippen molar-refractivity contribution < 1.29 is 4.39 Å². The van der Waals surface area contributed by atoms with E-state index in [4.69, 9.17) is 5.73 Å². The lowest BCUT2D eigenvalue weighted by molar-refractivity contribution is 0.583. The monoisotopic (exact) mass is 272 g/mol. The molecule has 0 spiro atoms. The zero-order chi connectivity index (χ0) is 11.6. The lowest BCUT2D eigenvalue weighted by atomic mass is 10.1. The third-order valence-corrected chi connectivity index (χ3v) is 2.28. The Morgan fingerprint density at radius 2 is 2.00 bits per heavy atom. The Morgan fingerprint density at radius 3 is 2.47 bits per heavy atom. The van der Waals surface area contributed by atoms with E-state index in [2.05, 4.69) is 20.9 Å². The van der Waals surface area contributed by atoms with Crippen LogP contribution in [0, 0.1) is 5.82 Å². The first-order chi connectivity index (χ1) is 6.79. The number of halogens is 2. The standard InChI is InChI=1S/C11H14BrFN2/c1-11(2,3)15-10(14)7-4-5-9(13)8(12)6-7/h4-6H,1-3H3,(H2,14,15). The van der Waals surface area contributed by atoms with Crippen LogP contribution in [0.3, 0.4) is 0 Å². The summed E-state index contributed by atoms with van der Waals surface area (Å²) < 4.78 is 13.4. The van der Waals surface area contributed by atoms with Gasteiger partial charge in [0.1, 0.15) is 11.7 Å². The summed E-state index contributed by atoms with van der Waals surface area (Å²) >= 11 is 3.11. The second-order valence-electron chi connectivity index (χ2n) is 4.30. The number of nitrogens with two attached hydrogens (primary N) is 1. The van der Waals surface area contributed by atoms with Crippen molar-refractivity contribution in [3.63, 3.8) is 0 Å². The predicted molar refractivity (Wildman–Crippen MR) is 64.6 cm³/mol. The van der Waals surface area contributed by atoms with E-state index in [-0.39, 0.29) is 11.4 Å². The maximum atomic E-state index is 13.0. The topological polar surface area (TPSA) is 38.4 Å². The Kier molecular flexibility index (Phi) is 3.50. The van der Waals surface area contributed by atoms with Crippen molar-refractivity contribution in [2.45, 2.75) is 26.3 Å². The van der Waals surface area contributed by atoms with Gasteiger partial charge in [-0.2, -0.15) is 0 Å². The molecule has 0 unspecified atom stereocenters. The highest BCUT2D eigenvalue weighted by Crippen LogP contribution is 2.17. The lowest BCUT2D eigenvalue weighted by Gasteiger charge is -2.13. The summed E-state index contributed by atoms with van der Waals surface area (Å²) in [6.07, 6.45) is 0. The van der Waals surface area contributed by atoms with Gasteiger partial charge >= 0.3 is 0 Å². The third kappa shape index (κ3) is 3.63. The molecule has 2 N–H and O–H groups in total. The lowest BCUT2D eigenvalue weighted by Crippen LogP contribution is -2.21. The summed E-state index contributed by atoms with van der Waals surface area (Å²) in [6.45, 7) is 5.87. The Balaban J connectivity index is 3.07. The SMILES string of the molecule is CC(C)(C)N=C(N)c1ccc(F)c(Br)c1. The molecule has 0 aliphatic carbocycles. The van der Waals surface area contributed by atoms with Crippen LogP contribution in [0.5, 0.6) is 0 Å². The second kappa shape index (κ2) is 4.31. The fourth-order valence-electron chi connectivity index (χ4n) is 1.08. The number of nitrogens with zero attached hydrogens (tertiary/aromatic N) is 1. The first-order valence-electron chi connectivity index (χ1n) is 4.60. The van der Waals surface area contributed by atoms with Crippen molar-refractivity contribution in [3.8, 4) is 0 Å². The van der Waals surface area contributed by atoms with Gasteiger partial charge in [0, 0.05) is 5.56 Å². The smallest absolute Gasteiger partial charge is 0.137 e. The minimum Gasteiger partial charge on any atom is -0.383 e. The molecule has 1 rings (SSSR count). The summed E-state index contributed by atoms with van der Waals surface area (Å²) in [6, 6.07) is 4.61. The fraction of sp³-hybridized carbons (Fsp3) is 0.364.